The van der Waals surface area contributed by atoms with E-state index >= 15 is 0 Å². The molecule has 1 aromatic carbocycles. The molecule has 0 unspecified atom stereocenters. The van der Waals surface area contributed by atoms with Gasteiger partial charge in [0.25, 0.3) is 17.7 Å². The third-order valence-corrected chi connectivity index (χ3v) is 6.12. The number of ether oxygens (including phenoxy) is 1. The molecule has 0 saturated heterocycles. The number of carbonyl (C=O) groups is 2. The first-order valence-corrected chi connectivity index (χ1v) is 11.1. The van der Waals surface area contributed by atoms with Gasteiger partial charge in [-0.1, -0.05) is 18.9 Å². The molecule has 33 heavy (non-hydrogen) atoms. The molecule has 176 valence electrons. The van der Waals surface area contributed by atoms with Gasteiger partial charge in [-0.15, -0.1) is 0 Å². The number of aromatic nitrogens is 1. The highest BCUT2D eigenvalue weighted by Gasteiger charge is 2.47. The minimum Gasteiger partial charge on any atom is -0.488 e. The number of rotatable bonds is 6. The number of benzene rings is 1. The smallest absolute Gasteiger partial charge is 0.257 e. The topological polar surface area (TPSA) is 101 Å². The average molecular weight is 459 g/mol. The van der Waals surface area contributed by atoms with E-state index in [0.717, 1.165) is 24.8 Å². The lowest BCUT2D eigenvalue weighted by molar-refractivity contribution is -0.134. The number of amides is 2. The zero-order valence-electron chi connectivity index (χ0n) is 18.3. The number of nitrogens with zero attached hydrogens (tertiary/aromatic N) is 1. The van der Waals surface area contributed by atoms with Crippen LogP contribution in [0.3, 0.4) is 0 Å². The fraction of sp³-hybridized carbons (Fsp3) is 0.458. The molecule has 2 aliphatic rings. The molecule has 2 saturated carbocycles. The molecule has 2 amide bonds. The predicted octanol–water partition coefficient (Wildman–Crippen LogP) is 3.85. The molecule has 0 aliphatic heterocycles. The lowest BCUT2D eigenvalue weighted by Crippen LogP contribution is -2.45. The van der Waals surface area contributed by atoms with Crippen LogP contribution < -0.4 is 15.4 Å². The fourth-order valence-corrected chi connectivity index (χ4v) is 4.11. The van der Waals surface area contributed by atoms with Crippen LogP contribution in [0, 0.1) is 6.92 Å². The first-order chi connectivity index (χ1) is 15.7. The fourth-order valence-electron chi connectivity index (χ4n) is 4.11. The van der Waals surface area contributed by atoms with Crippen LogP contribution in [0.15, 0.2) is 36.7 Å². The summed E-state index contributed by atoms with van der Waals surface area (Å²) in [6.45, 7) is 1.80. The molecule has 1 heterocycles. The summed E-state index contributed by atoms with van der Waals surface area (Å²) in [5.41, 5.74) is 1.80. The van der Waals surface area contributed by atoms with Crippen molar-refractivity contribution in [2.75, 3.05) is 5.32 Å². The van der Waals surface area contributed by atoms with Crippen molar-refractivity contribution in [2.24, 2.45) is 0 Å². The number of halogens is 2. The van der Waals surface area contributed by atoms with E-state index in [1.54, 1.807) is 25.1 Å². The van der Waals surface area contributed by atoms with E-state index < -0.39 is 24.0 Å². The second kappa shape index (κ2) is 9.43. The van der Waals surface area contributed by atoms with Crippen LogP contribution in [0.5, 0.6) is 5.75 Å². The quantitative estimate of drug-likeness (QED) is 0.609. The highest BCUT2D eigenvalue weighted by Crippen LogP contribution is 2.39. The lowest BCUT2D eigenvalue weighted by Gasteiger charge is -2.34. The van der Waals surface area contributed by atoms with E-state index in [1.165, 1.54) is 18.5 Å². The number of pyridine rings is 1. The van der Waals surface area contributed by atoms with E-state index in [9.17, 15) is 23.5 Å². The van der Waals surface area contributed by atoms with Crippen LogP contribution in [-0.2, 0) is 0 Å². The SMILES string of the molecule is Cc1ccc(C(=O)N[C@H]2CCCC[C@@H]2O)cc1NC(=O)c1cncc(OC2CC(F)(F)C2)c1. The molecule has 9 heteroatoms. The predicted molar refractivity (Wildman–Crippen MR) is 118 cm³/mol. The summed E-state index contributed by atoms with van der Waals surface area (Å²) in [4.78, 5) is 29.4. The third-order valence-electron chi connectivity index (χ3n) is 6.12. The molecule has 2 atom stereocenters. The maximum absolute atomic E-state index is 13.0. The van der Waals surface area contributed by atoms with Gasteiger partial charge in [0.15, 0.2) is 0 Å². The first-order valence-electron chi connectivity index (χ1n) is 11.1. The summed E-state index contributed by atoms with van der Waals surface area (Å²) in [6.07, 6.45) is 4.18. The van der Waals surface area contributed by atoms with Gasteiger partial charge >= 0.3 is 0 Å². The molecule has 4 rings (SSSR count). The Hall–Kier alpha value is -3.07. The average Bonchev–Trinajstić information content (AvgIpc) is 2.75. The standard InChI is InChI=1S/C24H27F2N3O4/c1-14-6-7-15(22(31)28-19-4-2-3-5-21(19)30)9-20(14)29-23(32)16-8-17(13-27-12-16)33-18-10-24(25,26)11-18/h6-9,12-13,18-19,21,30H,2-5,10-11H2,1H3,(H,28,31)(H,29,32)/t19-,21-/m0/s1. The second-order valence-corrected chi connectivity index (χ2v) is 8.83. The third kappa shape index (κ3) is 5.65. The molecular formula is C24H27F2N3O4. The van der Waals surface area contributed by atoms with Crippen molar-refractivity contribution in [3.05, 3.63) is 53.3 Å². The molecule has 7 nitrogen and oxygen atoms in total. The Morgan fingerprint density at radius 3 is 2.58 bits per heavy atom. The molecular weight excluding hydrogens is 432 g/mol. The van der Waals surface area contributed by atoms with Gasteiger partial charge in [0, 0.05) is 30.3 Å². The minimum atomic E-state index is -2.70. The molecule has 0 bridgehead atoms. The van der Waals surface area contributed by atoms with Crippen molar-refractivity contribution in [3.8, 4) is 5.75 Å². The second-order valence-electron chi connectivity index (χ2n) is 8.83. The molecule has 0 radical (unpaired) electrons. The van der Waals surface area contributed by atoms with Crippen molar-refractivity contribution >= 4 is 17.5 Å². The number of hydrogen-bond donors (Lipinski definition) is 3. The largest absolute Gasteiger partial charge is 0.488 e. The number of carbonyl (C=O) groups excluding carboxylic acids is 2. The summed E-state index contributed by atoms with van der Waals surface area (Å²) in [5.74, 6) is -3.23. The lowest BCUT2D eigenvalue weighted by atomic mass is 9.91. The van der Waals surface area contributed by atoms with Crippen LogP contribution in [0.25, 0.3) is 0 Å². The maximum Gasteiger partial charge on any atom is 0.257 e. The number of alkyl halides is 2. The molecule has 2 aromatic rings. The van der Waals surface area contributed by atoms with Crippen LogP contribution in [0.4, 0.5) is 14.5 Å². The molecule has 3 N–H and O–H groups in total. The van der Waals surface area contributed by atoms with Crippen LogP contribution in [0.2, 0.25) is 0 Å². The van der Waals surface area contributed by atoms with Gasteiger partial charge in [-0.05, 0) is 43.5 Å². The number of nitrogens with one attached hydrogen (secondary N) is 2. The summed E-state index contributed by atoms with van der Waals surface area (Å²) in [6, 6.07) is 6.16. The summed E-state index contributed by atoms with van der Waals surface area (Å²) >= 11 is 0. The minimum absolute atomic E-state index is 0.207. The Kier molecular flexibility index (Phi) is 6.60. The van der Waals surface area contributed by atoms with E-state index in [0.29, 0.717) is 17.7 Å². The summed E-state index contributed by atoms with van der Waals surface area (Å²) < 4.78 is 31.5. The van der Waals surface area contributed by atoms with Gasteiger partial charge in [0.05, 0.1) is 23.9 Å². The van der Waals surface area contributed by atoms with Crippen LogP contribution in [-0.4, -0.2) is 46.1 Å². The molecule has 2 aliphatic carbocycles. The maximum atomic E-state index is 13.0. The normalized spacial score (nSPS) is 22.2. The highest BCUT2D eigenvalue weighted by atomic mass is 19.3. The number of aliphatic hydroxyl groups is 1. The first kappa shape index (κ1) is 23.1. The van der Waals surface area contributed by atoms with Crippen LogP contribution in [0.1, 0.15) is 64.8 Å². The van der Waals surface area contributed by atoms with Gasteiger partial charge in [0.1, 0.15) is 11.9 Å². The van der Waals surface area contributed by atoms with Crippen molar-refractivity contribution in [3.63, 3.8) is 0 Å². The monoisotopic (exact) mass is 459 g/mol. The molecule has 0 spiro atoms. The highest BCUT2D eigenvalue weighted by molar-refractivity contribution is 6.05. The van der Waals surface area contributed by atoms with Crippen LogP contribution >= 0.6 is 0 Å². The number of aryl methyl sites for hydroxylation is 1. The van der Waals surface area contributed by atoms with Gasteiger partial charge in [-0.25, -0.2) is 8.78 Å². The van der Waals surface area contributed by atoms with E-state index in [2.05, 4.69) is 15.6 Å². The van der Waals surface area contributed by atoms with Crippen molar-refractivity contribution in [1.29, 1.82) is 0 Å². The Morgan fingerprint density at radius 1 is 1.09 bits per heavy atom. The summed E-state index contributed by atoms with van der Waals surface area (Å²) in [5, 5.41) is 15.8. The van der Waals surface area contributed by atoms with Crippen molar-refractivity contribution in [1.82, 2.24) is 10.3 Å². The Bertz CT molecular complexity index is 1040. The number of anilines is 1. The number of hydrogen-bond acceptors (Lipinski definition) is 5. The van der Waals surface area contributed by atoms with Gasteiger partial charge in [0.2, 0.25) is 0 Å². The summed E-state index contributed by atoms with van der Waals surface area (Å²) in [7, 11) is 0. The Labute approximate surface area is 190 Å². The zero-order chi connectivity index (χ0) is 23.6. The molecule has 1 aromatic heterocycles. The van der Waals surface area contributed by atoms with Gasteiger partial charge in [-0.3, -0.25) is 14.6 Å². The number of aliphatic hydroxyl groups excluding tert-OH is 1. The zero-order valence-corrected chi connectivity index (χ0v) is 18.3. The Morgan fingerprint density at radius 2 is 1.85 bits per heavy atom. The van der Waals surface area contributed by atoms with Crippen molar-refractivity contribution < 1.29 is 28.2 Å². The van der Waals surface area contributed by atoms with E-state index in [-0.39, 0.29) is 36.1 Å². The Balaban J connectivity index is 1.41. The van der Waals surface area contributed by atoms with E-state index in [4.69, 9.17) is 4.74 Å². The van der Waals surface area contributed by atoms with E-state index in [1.807, 2.05) is 0 Å². The van der Waals surface area contributed by atoms with Gasteiger partial charge in [-0.2, -0.15) is 0 Å². The van der Waals surface area contributed by atoms with Gasteiger partial charge < -0.3 is 20.5 Å². The molecule has 2 fully saturated rings. The van der Waals surface area contributed by atoms with Crippen molar-refractivity contribution in [2.45, 2.75) is 69.6 Å².